The molecule has 2 nitrogen and oxygen atoms in total. The molecule has 92 valence electrons. The molecule has 0 aliphatic rings. The zero-order valence-electron chi connectivity index (χ0n) is 9.51. The van der Waals surface area contributed by atoms with Gasteiger partial charge < -0.3 is 4.74 Å². The van der Waals surface area contributed by atoms with E-state index >= 15 is 0 Å². The van der Waals surface area contributed by atoms with Gasteiger partial charge >= 0.3 is 6.18 Å². The molecule has 0 saturated carbocycles. The molecule has 0 spiro atoms. The van der Waals surface area contributed by atoms with E-state index < -0.39 is 11.7 Å². The normalized spacial score (nSPS) is 11.4. The van der Waals surface area contributed by atoms with E-state index in [4.69, 9.17) is 10.00 Å². The molecule has 0 unspecified atom stereocenters. The maximum atomic E-state index is 12.4. The van der Waals surface area contributed by atoms with Crippen LogP contribution in [0.3, 0.4) is 0 Å². The smallest absolute Gasteiger partial charge is 0.416 e. The fraction of sp³-hybridized carbons (Fsp3) is 0.417. The number of nitriles is 1. The third kappa shape index (κ3) is 3.66. The van der Waals surface area contributed by atoms with E-state index in [2.05, 4.69) is 0 Å². The average molecular weight is 243 g/mol. The third-order valence-electron chi connectivity index (χ3n) is 2.00. The van der Waals surface area contributed by atoms with Crippen LogP contribution in [0.2, 0.25) is 0 Å². The van der Waals surface area contributed by atoms with E-state index in [9.17, 15) is 13.2 Å². The van der Waals surface area contributed by atoms with Gasteiger partial charge in [-0.1, -0.05) is 13.8 Å². The summed E-state index contributed by atoms with van der Waals surface area (Å²) in [6.45, 7) is 4.19. The molecule has 0 aliphatic carbocycles. The Labute approximate surface area is 97.6 Å². The van der Waals surface area contributed by atoms with Gasteiger partial charge in [0.05, 0.1) is 17.7 Å². The quantitative estimate of drug-likeness (QED) is 0.812. The third-order valence-corrected chi connectivity index (χ3v) is 2.00. The Morgan fingerprint density at radius 3 is 2.47 bits per heavy atom. The number of hydrogen-bond donors (Lipinski definition) is 0. The summed E-state index contributed by atoms with van der Waals surface area (Å²) in [5.74, 6) is 0.429. The van der Waals surface area contributed by atoms with Crippen molar-refractivity contribution in [2.24, 2.45) is 5.92 Å². The molecule has 17 heavy (non-hydrogen) atoms. The van der Waals surface area contributed by atoms with Gasteiger partial charge in [-0.3, -0.25) is 0 Å². The number of halogens is 3. The van der Waals surface area contributed by atoms with Gasteiger partial charge in [-0.2, -0.15) is 18.4 Å². The second kappa shape index (κ2) is 5.09. The first kappa shape index (κ1) is 13.4. The lowest BCUT2D eigenvalue weighted by Gasteiger charge is -2.12. The van der Waals surface area contributed by atoms with E-state index in [1.54, 1.807) is 6.07 Å². The average Bonchev–Trinajstić information content (AvgIpc) is 2.24. The maximum Gasteiger partial charge on any atom is 0.416 e. The number of alkyl halides is 3. The largest absolute Gasteiger partial charge is 0.492 e. The molecule has 0 heterocycles. The van der Waals surface area contributed by atoms with Gasteiger partial charge in [-0.25, -0.2) is 0 Å². The lowest BCUT2D eigenvalue weighted by atomic mass is 10.1. The minimum atomic E-state index is -4.44. The first-order valence-corrected chi connectivity index (χ1v) is 5.08. The van der Waals surface area contributed by atoms with Gasteiger partial charge in [0.2, 0.25) is 0 Å². The van der Waals surface area contributed by atoms with Crippen LogP contribution in [0.5, 0.6) is 5.75 Å². The predicted molar refractivity (Wildman–Crippen MR) is 56.5 cm³/mol. The van der Waals surface area contributed by atoms with Gasteiger partial charge in [-0.05, 0) is 24.1 Å². The second-order valence-corrected chi connectivity index (χ2v) is 4.03. The predicted octanol–water partition coefficient (Wildman–Crippen LogP) is 3.61. The molecule has 1 aromatic carbocycles. The lowest BCUT2D eigenvalue weighted by Crippen LogP contribution is -2.08. The van der Waals surface area contributed by atoms with Crippen LogP contribution < -0.4 is 4.74 Å². The van der Waals surface area contributed by atoms with Crippen molar-refractivity contribution in [2.75, 3.05) is 6.61 Å². The van der Waals surface area contributed by atoms with Crippen LogP contribution in [-0.2, 0) is 6.18 Å². The highest BCUT2D eigenvalue weighted by Gasteiger charge is 2.31. The van der Waals surface area contributed by atoms with Crippen LogP contribution in [0.4, 0.5) is 13.2 Å². The summed E-state index contributed by atoms with van der Waals surface area (Å²) in [6, 6.07) is 4.61. The highest BCUT2D eigenvalue weighted by atomic mass is 19.4. The Kier molecular flexibility index (Phi) is 4.00. The van der Waals surface area contributed by atoms with Crippen LogP contribution in [0.1, 0.15) is 25.0 Å². The Bertz CT molecular complexity index is 432. The Morgan fingerprint density at radius 2 is 2.00 bits per heavy atom. The molecular formula is C12H12F3NO. The molecule has 0 saturated heterocycles. The van der Waals surface area contributed by atoms with Crippen LogP contribution in [0, 0.1) is 17.2 Å². The highest BCUT2D eigenvalue weighted by molar-refractivity contribution is 5.46. The first-order valence-electron chi connectivity index (χ1n) is 5.08. The highest BCUT2D eigenvalue weighted by Crippen LogP contribution is 2.32. The van der Waals surface area contributed by atoms with E-state index in [1.165, 1.54) is 6.07 Å². The number of hydrogen-bond acceptors (Lipinski definition) is 2. The SMILES string of the molecule is CC(C)COc1ccc(C(F)(F)F)cc1C#N. The molecule has 1 rings (SSSR count). The van der Waals surface area contributed by atoms with E-state index in [0.29, 0.717) is 6.61 Å². The number of ether oxygens (including phenoxy) is 1. The van der Waals surface area contributed by atoms with Crippen molar-refractivity contribution in [3.63, 3.8) is 0 Å². The van der Waals surface area contributed by atoms with Crippen molar-refractivity contribution in [3.05, 3.63) is 29.3 Å². The van der Waals surface area contributed by atoms with Gasteiger partial charge in [0.1, 0.15) is 11.8 Å². The van der Waals surface area contributed by atoms with E-state index in [-0.39, 0.29) is 17.2 Å². The molecule has 0 aliphatic heterocycles. The molecule has 0 bridgehead atoms. The monoisotopic (exact) mass is 243 g/mol. The summed E-state index contributed by atoms with van der Waals surface area (Å²) < 4.78 is 42.5. The fourth-order valence-corrected chi connectivity index (χ4v) is 1.18. The molecule has 0 aromatic heterocycles. The Morgan fingerprint density at radius 1 is 1.35 bits per heavy atom. The number of rotatable bonds is 3. The number of benzene rings is 1. The summed E-state index contributed by atoms with van der Waals surface area (Å²) in [4.78, 5) is 0. The zero-order valence-corrected chi connectivity index (χ0v) is 9.51. The Hall–Kier alpha value is -1.70. The van der Waals surface area contributed by atoms with Crippen LogP contribution in [0.15, 0.2) is 18.2 Å². The summed E-state index contributed by atoms with van der Waals surface area (Å²) in [5.41, 5.74) is -0.938. The molecular weight excluding hydrogens is 231 g/mol. The molecule has 0 fully saturated rings. The molecule has 0 atom stereocenters. The second-order valence-electron chi connectivity index (χ2n) is 4.03. The van der Waals surface area contributed by atoms with Crippen molar-refractivity contribution >= 4 is 0 Å². The van der Waals surface area contributed by atoms with Crippen LogP contribution in [-0.4, -0.2) is 6.61 Å². The fourth-order valence-electron chi connectivity index (χ4n) is 1.18. The zero-order chi connectivity index (χ0) is 13.1. The molecule has 1 aromatic rings. The summed E-state index contributed by atoms with van der Waals surface area (Å²) in [6.07, 6.45) is -4.44. The molecule has 0 amide bonds. The Balaban J connectivity index is 2.99. The van der Waals surface area contributed by atoms with Gasteiger partial charge in [-0.15, -0.1) is 0 Å². The van der Waals surface area contributed by atoms with Crippen molar-refractivity contribution in [2.45, 2.75) is 20.0 Å². The minimum absolute atomic E-state index is 0.0968. The molecule has 5 heteroatoms. The van der Waals surface area contributed by atoms with Crippen LogP contribution in [0.25, 0.3) is 0 Å². The van der Waals surface area contributed by atoms with Gasteiger partial charge in [0.15, 0.2) is 0 Å². The van der Waals surface area contributed by atoms with E-state index in [1.807, 2.05) is 13.8 Å². The standard InChI is InChI=1S/C12H12F3NO/c1-8(2)7-17-11-4-3-10(12(13,14)15)5-9(11)6-16/h3-5,8H,7H2,1-2H3. The van der Waals surface area contributed by atoms with Crippen LogP contribution >= 0.6 is 0 Å². The van der Waals surface area contributed by atoms with Gasteiger partial charge in [0, 0.05) is 0 Å². The van der Waals surface area contributed by atoms with Crippen molar-refractivity contribution in [1.82, 2.24) is 0 Å². The topological polar surface area (TPSA) is 33.0 Å². The van der Waals surface area contributed by atoms with E-state index in [0.717, 1.165) is 12.1 Å². The first-order chi connectivity index (χ1) is 7.84. The lowest BCUT2D eigenvalue weighted by molar-refractivity contribution is -0.137. The molecule has 0 N–H and O–H groups in total. The van der Waals surface area contributed by atoms with Crippen molar-refractivity contribution in [1.29, 1.82) is 5.26 Å². The van der Waals surface area contributed by atoms with Crippen molar-refractivity contribution < 1.29 is 17.9 Å². The van der Waals surface area contributed by atoms with Gasteiger partial charge in [0.25, 0.3) is 0 Å². The number of nitrogens with zero attached hydrogens (tertiary/aromatic N) is 1. The molecule has 0 radical (unpaired) electrons. The summed E-state index contributed by atoms with van der Waals surface area (Å²) >= 11 is 0. The minimum Gasteiger partial charge on any atom is -0.492 e. The summed E-state index contributed by atoms with van der Waals surface area (Å²) in [7, 11) is 0. The summed E-state index contributed by atoms with van der Waals surface area (Å²) in [5, 5.41) is 8.78. The maximum absolute atomic E-state index is 12.4. The van der Waals surface area contributed by atoms with Crippen molar-refractivity contribution in [3.8, 4) is 11.8 Å².